The summed E-state index contributed by atoms with van der Waals surface area (Å²) in [5, 5.41) is 28.1. The molecule has 0 radical (unpaired) electrons. The molecule has 0 fully saturated rings. The van der Waals surface area contributed by atoms with Crippen LogP contribution in [0.5, 0.6) is 11.5 Å². The smallest absolute Gasteiger partial charge is 0.322 e. The van der Waals surface area contributed by atoms with Crippen LogP contribution in [0.3, 0.4) is 0 Å². The normalized spacial score (nSPS) is 10.6. The molecule has 4 N–H and O–H groups in total. The number of urea groups is 1. The summed E-state index contributed by atoms with van der Waals surface area (Å²) in [5.74, 6) is 1.21. The van der Waals surface area contributed by atoms with Gasteiger partial charge in [0.15, 0.2) is 0 Å². The van der Waals surface area contributed by atoms with Gasteiger partial charge in [-0.1, -0.05) is 18.2 Å². The van der Waals surface area contributed by atoms with E-state index in [1.165, 1.54) is 0 Å². The van der Waals surface area contributed by atoms with Crippen molar-refractivity contribution >= 4 is 11.7 Å². The van der Waals surface area contributed by atoms with E-state index in [9.17, 15) is 9.90 Å². The van der Waals surface area contributed by atoms with Crippen molar-refractivity contribution in [1.29, 1.82) is 0 Å². The van der Waals surface area contributed by atoms with E-state index in [4.69, 9.17) is 14.6 Å². The van der Waals surface area contributed by atoms with Gasteiger partial charge in [-0.3, -0.25) is 5.10 Å². The molecule has 9 heteroatoms. The van der Waals surface area contributed by atoms with Gasteiger partial charge >= 0.3 is 6.03 Å². The van der Waals surface area contributed by atoms with Crippen LogP contribution in [0.2, 0.25) is 0 Å². The number of carbonyl (C=O) groups excluding carboxylic acids is 1. The van der Waals surface area contributed by atoms with Crippen molar-refractivity contribution in [1.82, 2.24) is 15.1 Å². The average Bonchev–Trinajstić information content (AvgIpc) is 3.38. The number of aliphatic hydroxyl groups is 2. The zero-order chi connectivity index (χ0) is 23.5. The lowest BCUT2D eigenvalue weighted by Crippen LogP contribution is -2.35. The zero-order valence-electron chi connectivity index (χ0n) is 18.7. The summed E-state index contributed by atoms with van der Waals surface area (Å²) in [6.45, 7) is 1.05. The highest BCUT2D eigenvalue weighted by Gasteiger charge is 2.17. The van der Waals surface area contributed by atoms with Gasteiger partial charge < -0.3 is 29.9 Å². The maximum atomic E-state index is 13.2. The highest BCUT2D eigenvalue weighted by Crippen LogP contribution is 2.31. The quantitative estimate of drug-likeness (QED) is 0.312. The Morgan fingerprint density at radius 1 is 1.12 bits per heavy atom. The number of nitrogens with zero attached hydrogens (tertiary/aromatic N) is 2. The molecule has 3 aromatic rings. The molecule has 0 bridgehead atoms. The molecule has 0 saturated heterocycles. The second-order valence-corrected chi connectivity index (χ2v) is 7.40. The molecule has 2 amide bonds. The molecule has 0 aliphatic heterocycles. The fraction of sp³-hybridized carbons (Fsp3) is 0.333. The number of methoxy groups -OCH3 is 1. The monoisotopic (exact) mass is 454 g/mol. The molecule has 1 heterocycles. The Labute approximate surface area is 193 Å². The lowest BCUT2D eigenvalue weighted by Gasteiger charge is -2.24. The molecule has 176 valence electrons. The van der Waals surface area contributed by atoms with E-state index in [2.05, 4.69) is 15.5 Å². The molecule has 0 unspecified atom stereocenters. The molecule has 1 aromatic heterocycles. The number of benzene rings is 2. The van der Waals surface area contributed by atoms with Gasteiger partial charge in [0.2, 0.25) is 0 Å². The minimum atomic E-state index is -0.311. The van der Waals surface area contributed by atoms with Crippen molar-refractivity contribution in [3.63, 3.8) is 0 Å². The molecule has 0 spiro atoms. The molecule has 0 atom stereocenters. The number of aliphatic hydroxyl groups excluding tert-OH is 2. The largest absolute Gasteiger partial charge is 0.497 e. The number of aromatic amines is 1. The van der Waals surface area contributed by atoms with E-state index in [1.807, 2.05) is 36.4 Å². The third-order valence-corrected chi connectivity index (χ3v) is 5.00. The van der Waals surface area contributed by atoms with Crippen molar-refractivity contribution in [2.24, 2.45) is 0 Å². The van der Waals surface area contributed by atoms with Crippen molar-refractivity contribution in [3.05, 3.63) is 60.4 Å². The molecule has 3 rings (SSSR count). The van der Waals surface area contributed by atoms with Crippen molar-refractivity contribution < 1.29 is 24.5 Å². The number of carbonyl (C=O) groups is 1. The molecule has 0 aliphatic rings. The predicted molar refractivity (Wildman–Crippen MR) is 125 cm³/mol. The Morgan fingerprint density at radius 2 is 1.97 bits per heavy atom. The van der Waals surface area contributed by atoms with Crippen molar-refractivity contribution in [2.45, 2.75) is 19.4 Å². The first-order chi connectivity index (χ1) is 16.1. The van der Waals surface area contributed by atoms with E-state index >= 15 is 0 Å². The summed E-state index contributed by atoms with van der Waals surface area (Å²) in [6, 6.07) is 12.7. The van der Waals surface area contributed by atoms with E-state index in [0.717, 1.165) is 16.7 Å². The Hall–Kier alpha value is -3.56. The number of hydrogen-bond donors (Lipinski definition) is 4. The van der Waals surface area contributed by atoms with Crippen LogP contribution < -0.4 is 14.8 Å². The molecule has 33 heavy (non-hydrogen) atoms. The van der Waals surface area contributed by atoms with Gasteiger partial charge in [0.25, 0.3) is 0 Å². The van der Waals surface area contributed by atoms with Gasteiger partial charge in [0.1, 0.15) is 11.5 Å². The number of amides is 2. The third kappa shape index (κ3) is 6.96. The summed E-state index contributed by atoms with van der Waals surface area (Å²) >= 11 is 0. The minimum absolute atomic E-state index is 0.0125. The molecule has 9 nitrogen and oxygen atoms in total. The highest BCUT2D eigenvalue weighted by atomic mass is 16.5. The van der Waals surface area contributed by atoms with Crippen LogP contribution in [0.1, 0.15) is 18.4 Å². The average molecular weight is 455 g/mol. The Kier molecular flexibility index (Phi) is 9.10. The number of aromatic nitrogens is 2. The number of nitrogens with one attached hydrogen (secondary N) is 2. The summed E-state index contributed by atoms with van der Waals surface area (Å²) in [5.41, 5.74) is 3.21. The van der Waals surface area contributed by atoms with Crippen LogP contribution in [0.4, 0.5) is 10.5 Å². The first-order valence-corrected chi connectivity index (χ1v) is 10.8. The summed E-state index contributed by atoms with van der Waals surface area (Å²) < 4.78 is 11.1. The van der Waals surface area contributed by atoms with Crippen LogP contribution in [0, 0.1) is 0 Å². The molecule has 0 aliphatic carbocycles. The van der Waals surface area contributed by atoms with Gasteiger partial charge in [-0.25, -0.2) is 4.79 Å². The number of anilines is 1. The number of H-pyrrole nitrogens is 1. The standard InChI is InChI=1S/C24H30N4O5/c1-32-21-6-2-5-18(13-21)17-28(9-3-10-29)24(31)27-22-8-7-19(20-15-25-26-16-20)14-23(22)33-12-4-11-30/h2,5-8,13-16,29-30H,3-4,9-12,17H2,1H3,(H,25,26)(H,27,31). The number of ether oxygens (including phenoxy) is 2. The molecule has 0 saturated carbocycles. The topological polar surface area (TPSA) is 120 Å². The van der Waals surface area contributed by atoms with Gasteiger partial charge in [0.05, 0.1) is 25.6 Å². The molecule has 2 aromatic carbocycles. The second kappa shape index (κ2) is 12.5. The van der Waals surface area contributed by atoms with Crippen molar-refractivity contribution in [2.75, 3.05) is 38.8 Å². The van der Waals surface area contributed by atoms with E-state index < -0.39 is 0 Å². The zero-order valence-corrected chi connectivity index (χ0v) is 18.7. The van der Waals surface area contributed by atoms with Gasteiger partial charge in [-0.15, -0.1) is 0 Å². The number of hydrogen-bond acceptors (Lipinski definition) is 6. The first kappa shape index (κ1) is 24.1. The van der Waals surface area contributed by atoms with Crippen LogP contribution in [-0.2, 0) is 6.54 Å². The third-order valence-electron chi connectivity index (χ3n) is 5.00. The molecular weight excluding hydrogens is 424 g/mol. The predicted octanol–water partition coefficient (Wildman–Crippen LogP) is 3.26. The maximum absolute atomic E-state index is 13.2. The van der Waals surface area contributed by atoms with E-state index in [0.29, 0.717) is 49.7 Å². The van der Waals surface area contributed by atoms with Crippen LogP contribution >= 0.6 is 0 Å². The van der Waals surface area contributed by atoms with E-state index in [1.54, 1.807) is 30.5 Å². The SMILES string of the molecule is COc1cccc(CN(CCCO)C(=O)Nc2ccc(-c3cn[nH]c3)cc2OCCCO)c1. The summed E-state index contributed by atoms with van der Waals surface area (Å²) in [4.78, 5) is 14.8. The van der Waals surface area contributed by atoms with Crippen LogP contribution in [0.15, 0.2) is 54.9 Å². The Balaban J connectivity index is 1.80. The van der Waals surface area contributed by atoms with E-state index in [-0.39, 0.29) is 19.2 Å². The Morgan fingerprint density at radius 3 is 2.70 bits per heavy atom. The summed E-state index contributed by atoms with van der Waals surface area (Å²) in [7, 11) is 1.60. The summed E-state index contributed by atoms with van der Waals surface area (Å²) in [6.07, 6.45) is 4.41. The van der Waals surface area contributed by atoms with Crippen LogP contribution in [0.25, 0.3) is 11.1 Å². The number of rotatable bonds is 12. The minimum Gasteiger partial charge on any atom is -0.497 e. The molecular formula is C24H30N4O5. The van der Waals surface area contributed by atoms with Gasteiger partial charge in [-0.05, 0) is 41.8 Å². The van der Waals surface area contributed by atoms with Crippen LogP contribution in [-0.4, -0.2) is 64.8 Å². The van der Waals surface area contributed by atoms with Gasteiger partial charge in [0, 0.05) is 44.5 Å². The first-order valence-electron chi connectivity index (χ1n) is 10.8. The lowest BCUT2D eigenvalue weighted by atomic mass is 10.1. The lowest BCUT2D eigenvalue weighted by molar-refractivity contribution is 0.198. The van der Waals surface area contributed by atoms with Gasteiger partial charge in [-0.2, -0.15) is 5.10 Å². The Bertz CT molecular complexity index is 1010. The fourth-order valence-corrected chi connectivity index (χ4v) is 3.28. The highest BCUT2D eigenvalue weighted by molar-refractivity contribution is 5.91. The second-order valence-electron chi connectivity index (χ2n) is 7.40. The van der Waals surface area contributed by atoms with Crippen molar-refractivity contribution in [3.8, 4) is 22.6 Å². The fourth-order valence-electron chi connectivity index (χ4n) is 3.28. The maximum Gasteiger partial charge on any atom is 0.322 e.